The van der Waals surface area contributed by atoms with Gasteiger partial charge in [-0.05, 0) is 39.2 Å². The molecule has 1 fully saturated rings. The molecule has 0 N–H and O–H groups in total. The maximum Gasteiger partial charge on any atom is 0.173 e. The lowest BCUT2D eigenvalue weighted by atomic mass is 10.0. The first-order valence-corrected chi connectivity index (χ1v) is 11.1. The topological polar surface area (TPSA) is 63.0 Å². The van der Waals surface area contributed by atoms with Gasteiger partial charge in [0, 0.05) is 45.1 Å². The van der Waals surface area contributed by atoms with Gasteiger partial charge in [-0.15, -0.1) is 5.10 Å². The van der Waals surface area contributed by atoms with Gasteiger partial charge < -0.3 is 0 Å². The summed E-state index contributed by atoms with van der Waals surface area (Å²) in [4.78, 5) is 9.13. The Bertz CT molecular complexity index is 1090. The highest BCUT2D eigenvalue weighted by molar-refractivity contribution is 5.25. The van der Waals surface area contributed by atoms with Gasteiger partial charge in [0.15, 0.2) is 5.82 Å². The number of hydrogen-bond acceptors (Lipinski definition) is 6. The SMILES string of the molecule is c1ccc(Cn2nnnc2[C@H](c2ccccc2)N2CCN(Cc3ccncc3)CC2)cc1. The Morgan fingerprint density at radius 3 is 2.09 bits per heavy atom. The lowest BCUT2D eigenvalue weighted by Crippen LogP contribution is -2.48. The third kappa shape index (κ3) is 4.74. The van der Waals surface area contributed by atoms with Crippen molar-refractivity contribution in [2.24, 2.45) is 0 Å². The first kappa shape index (κ1) is 20.5. The van der Waals surface area contributed by atoms with E-state index in [0.717, 1.165) is 38.5 Å². The van der Waals surface area contributed by atoms with Gasteiger partial charge in [0.2, 0.25) is 0 Å². The van der Waals surface area contributed by atoms with Crippen molar-refractivity contribution in [3.05, 3.63) is 108 Å². The Labute approximate surface area is 188 Å². The second-order valence-corrected chi connectivity index (χ2v) is 8.16. The quantitative estimate of drug-likeness (QED) is 0.454. The number of hydrogen-bond donors (Lipinski definition) is 0. The molecule has 5 rings (SSSR count). The van der Waals surface area contributed by atoms with Crippen molar-refractivity contribution in [3.63, 3.8) is 0 Å². The summed E-state index contributed by atoms with van der Waals surface area (Å²) in [6.45, 7) is 5.55. The van der Waals surface area contributed by atoms with E-state index in [1.807, 2.05) is 23.1 Å². The van der Waals surface area contributed by atoms with Crippen LogP contribution in [-0.2, 0) is 13.1 Å². The van der Waals surface area contributed by atoms with Gasteiger partial charge in [-0.25, -0.2) is 4.68 Å². The van der Waals surface area contributed by atoms with E-state index in [2.05, 4.69) is 97.0 Å². The summed E-state index contributed by atoms with van der Waals surface area (Å²) in [7, 11) is 0. The van der Waals surface area contributed by atoms with Crippen molar-refractivity contribution in [2.45, 2.75) is 19.1 Å². The Morgan fingerprint density at radius 1 is 0.719 bits per heavy atom. The zero-order valence-corrected chi connectivity index (χ0v) is 18.0. The summed E-state index contributed by atoms with van der Waals surface area (Å²) in [6, 6.07) is 25.2. The molecule has 0 saturated carbocycles. The molecule has 1 aliphatic heterocycles. The third-order valence-corrected chi connectivity index (χ3v) is 6.02. The number of nitrogens with zero attached hydrogens (tertiary/aromatic N) is 7. The lowest BCUT2D eigenvalue weighted by Gasteiger charge is -2.39. The molecule has 2 aromatic heterocycles. The summed E-state index contributed by atoms with van der Waals surface area (Å²) in [5, 5.41) is 12.9. The number of rotatable bonds is 7. The molecular formula is C25H27N7. The van der Waals surface area contributed by atoms with Crippen LogP contribution < -0.4 is 0 Å². The van der Waals surface area contributed by atoms with Crippen LogP contribution in [0.3, 0.4) is 0 Å². The van der Waals surface area contributed by atoms with Crippen LogP contribution in [0.1, 0.15) is 28.6 Å². The van der Waals surface area contributed by atoms with Crippen LogP contribution in [0.15, 0.2) is 85.2 Å². The molecule has 4 aromatic rings. The minimum absolute atomic E-state index is 0.0259. The summed E-state index contributed by atoms with van der Waals surface area (Å²) < 4.78 is 1.94. The monoisotopic (exact) mass is 425 g/mol. The molecule has 2 aromatic carbocycles. The van der Waals surface area contributed by atoms with Crippen molar-refractivity contribution < 1.29 is 0 Å². The standard InChI is InChI=1S/C25H27N7/c1-3-7-21(8-4-1)20-32-25(27-28-29-32)24(23-9-5-2-6-10-23)31-17-15-30(16-18-31)19-22-11-13-26-14-12-22/h1-14,24H,15-20H2/t24-/m0/s1. The molecule has 0 unspecified atom stereocenters. The van der Waals surface area contributed by atoms with Crippen LogP contribution >= 0.6 is 0 Å². The van der Waals surface area contributed by atoms with Gasteiger partial charge in [0.1, 0.15) is 0 Å². The molecule has 1 atom stereocenters. The molecule has 7 nitrogen and oxygen atoms in total. The van der Waals surface area contributed by atoms with Gasteiger partial charge in [0.25, 0.3) is 0 Å². The first-order valence-electron chi connectivity index (χ1n) is 11.1. The first-order chi connectivity index (χ1) is 15.9. The Morgan fingerprint density at radius 2 is 1.38 bits per heavy atom. The largest absolute Gasteiger partial charge is 0.297 e. The van der Waals surface area contributed by atoms with E-state index in [9.17, 15) is 0 Å². The van der Waals surface area contributed by atoms with E-state index in [-0.39, 0.29) is 6.04 Å². The predicted molar refractivity (Wildman–Crippen MR) is 123 cm³/mol. The second-order valence-electron chi connectivity index (χ2n) is 8.16. The van der Waals surface area contributed by atoms with Crippen molar-refractivity contribution in [1.82, 2.24) is 35.0 Å². The van der Waals surface area contributed by atoms with Crippen LogP contribution in [0.2, 0.25) is 0 Å². The van der Waals surface area contributed by atoms with Crippen molar-refractivity contribution in [3.8, 4) is 0 Å². The highest BCUT2D eigenvalue weighted by Crippen LogP contribution is 2.28. The summed E-state index contributed by atoms with van der Waals surface area (Å²) in [6.07, 6.45) is 3.73. The average Bonchev–Trinajstić information content (AvgIpc) is 3.30. The molecule has 162 valence electrons. The van der Waals surface area contributed by atoms with Gasteiger partial charge in [0.05, 0.1) is 12.6 Å². The fraction of sp³-hybridized carbons (Fsp3) is 0.280. The Balaban J connectivity index is 1.36. The van der Waals surface area contributed by atoms with E-state index in [1.54, 1.807) is 0 Å². The lowest BCUT2D eigenvalue weighted by molar-refractivity contribution is 0.100. The van der Waals surface area contributed by atoms with E-state index in [0.29, 0.717) is 6.54 Å². The maximum atomic E-state index is 4.49. The van der Waals surface area contributed by atoms with Crippen molar-refractivity contribution in [2.75, 3.05) is 26.2 Å². The zero-order valence-electron chi connectivity index (χ0n) is 18.0. The minimum Gasteiger partial charge on any atom is -0.297 e. The van der Waals surface area contributed by atoms with Crippen molar-refractivity contribution >= 4 is 0 Å². The van der Waals surface area contributed by atoms with Gasteiger partial charge >= 0.3 is 0 Å². The van der Waals surface area contributed by atoms with E-state index < -0.39 is 0 Å². The molecule has 1 saturated heterocycles. The number of aromatic nitrogens is 5. The molecule has 0 bridgehead atoms. The van der Waals surface area contributed by atoms with Crippen molar-refractivity contribution in [1.29, 1.82) is 0 Å². The predicted octanol–water partition coefficient (Wildman–Crippen LogP) is 3.02. The highest BCUT2D eigenvalue weighted by Gasteiger charge is 2.30. The van der Waals surface area contributed by atoms with Crippen LogP contribution in [0.25, 0.3) is 0 Å². The number of tetrazole rings is 1. The molecule has 3 heterocycles. The second kappa shape index (κ2) is 9.80. The van der Waals surface area contributed by atoms with E-state index in [1.165, 1.54) is 16.7 Å². The summed E-state index contributed by atoms with van der Waals surface area (Å²) >= 11 is 0. The molecule has 1 aliphatic rings. The summed E-state index contributed by atoms with van der Waals surface area (Å²) in [5.74, 6) is 0.891. The molecular weight excluding hydrogens is 398 g/mol. The third-order valence-electron chi connectivity index (χ3n) is 6.02. The molecule has 0 aliphatic carbocycles. The molecule has 32 heavy (non-hydrogen) atoms. The van der Waals surface area contributed by atoms with Gasteiger partial charge in [-0.2, -0.15) is 0 Å². The highest BCUT2D eigenvalue weighted by atomic mass is 15.6. The normalized spacial score (nSPS) is 16.1. The van der Waals surface area contributed by atoms with Crippen LogP contribution in [0.4, 0.5) is 0 Å². The van der Waals surface area contributed by atoms with Gasteiger partial charge in [-0.3, -0.25) is 14.8 Å². The smallest absolute Gasteiger partial charge is 0.173 e. The van der Waals surface area contributed by atoms with Crippen LogP contribution in [-0.4, -0.2) is 61.2 Å². The maximum absolute atomic E-state index is 4.49. The Kier molecular flexibility index (Phi) is 6.28. The van der Waals surface area contributed by atoms with Crippen LogP contribution in [0.5, 0.6) is 0 Å². The van der Waals surface area contributed by atoms with E-state index in [4.69, 9.17) is 0 Å². The average molecular weight is 426 g/mol. The minimum atomic E-state index is 0.0259. The fourth-order valence-corrected chi connectivity index (χ4v) is 4.36. The molecule has 0 spiro atoms. The molecule has 7 heteroatoms. The number of pyridine rings is 1. The fourth-order valence-electron chi connectivity index (χ4n) is 4.36. The van der Waals surface area contributed by atoms with Crippen LogP contribution in [0, 0.1) is 0 Å². The van der Waals surface area contributed by atoms with Gasteiger partial charge in [-0.1, -0.05) is 60.7 Å². The molecule has 0 radical (unpaired) electrons. The number of piperazine rings is 1. The summed E-state index contributed by atoms with van der Waals surface area (Å²) in [5.41, 5.74) is 3.72. The zero-order chi connectivity index (χ0) is 21.6. The van der Waals surface area contributed by atoms with E-state index >= 15 is 0 Å². The Hall–Kier alpha value is -3.42. The molecule has 0 amide bonds. The number of benzene rings is 2.